The number of piperidine rings is 1. The van der Waals surface area contributed by atoms with Crippen LogP contribution in [0.4, 0.5) is 0 Å². The number of pyridine rings is 1. The minimum Gasteiger partial charge on any atom is -0.303 e. The van der Waals surface area contributed by atoms with Gasteiger partial charge < -0.3 is 4.90 Å². The van der Waals surface area contributed by atoms with Gasteiger partial charge in [-0.05, 0) is 55.8 Å². The summed E-state index contributed by atoms with van der Waals surface area (Å²) >= 11 is 0. The van der Waals surface area contributed by atoms with Crippen LogP contribution in [0.25, 0.3) is 10.9 Å². The first-order valence-electron chi connectivity index (χ1n) is 9.42. The highest BCUT2D eigenvalue weighted by Crippen LogP contribution is 2.22. The number of aromatic nitrogens is 1. The van der Waals surface area contributed by atoms with Crippen molar-refractivity contribution in [3.05, 3.63) is 36.0 Å². The molecule has 1 fully saturated rings. The summed E-state index contributed by atoms with van der Waals surface area (Å²) in [7, 11) is -3.56. The molecule has 2 heterocycles. The van der Waals surface area contributed by atoms with Crippen LogP contribution in [0.15, 0.2) is 35.4 Å². The van der Waals surface area contributed by atoms with E-state index in [4.69, 9.17) is 0 Å². The van der Waals surface area contributed by atoms with Gasteiger partial charge in [0, 0.05) is 31.2 Å². The summed E-state index contributed by atoms with van der Waals surface area (Å²) in [6.45, 7) is 10.1. The third kappa shape index (κ3) is 4.61. The molecule has 0 aliphatic carbocycles. The molecule has 0 spiro atoms. The Hall–Kier alpha value is -1.50. The van der Waals surface area contributed by atoms with Crippen molar-refractivity contribution in [3.63, 3.8) is 0 Å². The number of hydrogen-bond acceptors (Lipinski definition) is 4. The summed E-state index contributed by atoms with van der Waals surface area (Å²) in [4.78, 5) is 7.05. The number of rotatable bonds is 6. The van der Waals surface area contributed by atoms with Crippen LogP contribution >= 0.6 is 0 Å². The van der Waals surface area contributed by atoms with Crippen molar-refractivity contribution in [2.24, 2.45) is 11.8 Å². The van der Waals surface area contributed by atoms with E-state index in [9.17, 15) is 8.42 Å². The van der Waals surface area contributed by atoms with E-state index in [0.29, 0.717) is 12.1 Å². The Bertz CT molecular complexity index is 856. The zero-order valence-corrected chi connectivity index (χ0v) is 16.7. The average Bonchev–Trinajstić information content (AvgIpc) is 2.57. The predicted octanol–water partition coefficient (Wildman–Crippen LogP) is 3.19. The maximum atomic E-state index is 12.7. The Morgan fingerprint density at radius 3 is 2.69 bits per heavy atom. The average molecular weight is 376 g/mol. The molecule has 1 saturated heterocycles. The summed E-state index contributed by atoms with van der Waals surface area (Å²) in [5.74, 6) is 1.45. The van der Waals surface area contributed by atoms with Crippen molar-refractivity contribution in [1.82, 2.24) is 14.6 Å². The van der Waals surface area contributed by atoms with Crippen LogP contribution in [0.1, 0.15) is 32.3 Å². The van der Waals surface area contributed by atoms with E-state index in [-0.39, 0.29) is 4.90 Å². The topological polar surface area (TPSA) is 62.3 Å². The smallest absolute Gasteiger partial charge is 0.242 e. The van der Waals surface area contributed by atoms with Gasteiger partial charge in [-0.2, -0.15) is 0 Å². The number of para-hydroxylation sites is 1. The van der Waals surface area contributed by atoms with Gasteiger partial charge in [-0.1, -0.05) is 26.0 Å². The van der Waals surface area contributed by atoms with E-state index >= 15 is 0 Å². The van der Waals surface area contributed by atoms with Crippen molar-refractivity contribution in [3.8, 4) is 0 Å². The zero-order valence-electron chi connectivity index (χ0n) is 15.9. The fraction of sp³-hybridized carbons (Fsp3) is 0.550. The Morgan fingerprint density at radius 1 is 1.23 bits per heavy atom. The van der Waals surface area contributed by atoms with Gasteiger partial charge in [-0.3, -0.25) is 4.98 Å². The number of fused-ring (bicyclic) bond motifs is 1. The monoisotopic (exact) mass is 375 g/mol. The number of nitrogens with zero attached hydrogens (tertiary/aromatic N) is 2. The molecule has 1 aromatic carbocycles. The molecular weight excluding hydrogens is 346 g/mol. The molecule has 6 heteroatoms. The van der Waals surface area contributed by atoms with Gasteiger partial charge in [-0.25, -0.2) is 13.1 Å². The highest BCUT2D eigenvalue weighted by atomic mass is 32.2. The van der Waals surface area contributed by atoms with Crippen LogP contribution in [0.2, 0.25) is 0 Å². The van der Waals surface area contributed by atoms with E-state index in [2.05, 4.69) is 28.5 Å². The summed E-state index contributed by atoms with van der Waals surface area (Å²) in [5, 5.41) is 0.851. The largest absolute Gasteiger partial charge is 0.303 e. The number of sulfonamides is 1. The number of nitrogens with one attached hydrogen (secondary N) is 1. The molecule has 1 aliphatic rings. The summed E-state index contributed by atoms with van der Waals surface area (Å²) < 4.78 is 28.2. The number of hydrogen-bond donors (Lipinski definition) is 1. The van der Waals surface area contributed by atoms with Gasteiger partial charge in [0.05, 0.1) is 5.52 Å². The Labute approximate surface area is 156 Å². The lowest BCUT2D eigenvalue weighted by Gasteiger charge is -2.34. The van der Waals surface area contributed by atoms with Gasteiger partial charge in [0.1, 0.15) is 4.90 Å². The third-order valence-electron chi connectivity index (χ3n) is 4.99. The lowest BCUT2D eigenvalue weighted by molar-refractivity contribution is 0.140. The molecule has 5 nitrogen and oxygen atoms in total. The van der Waals surface area contributed by atoms with Gasteiger partial charge in [0.2, 0.25) is 10.0 Å². The predicted molar refractivity (Wildman–Crippen MR) is 106 cm³/mol. The maximum absolute atomic E-state index is 12.7. The van der Waals surface area contributed by atoms with Crippen molar-refractivity contribution in [2.45, 2.75) is 38.5 Å². The summed E-state index contributed by atoms with van der Waals surface area (Å²) in [6, 6.07) is 7.25. The Kier molecular flexibility index (Phi) is 5.95. The molecule has 0 bridgehead atoms. The molecule has 142 valence electrons. The molecule has 1 aromatic heterocycles. The van der Waals surface area contributed by atoms with Gasteiger partial charge >= 0.3 is 0 Å². The highest BCUT2D eigenvalue weighted by Gasteiger charge is 2.22. The van der Waals surface area contributed by atoms with Gasteiger partial charge in [0.25, 0.3) is 0 Å². The van der Waals surface area contributed by atoms with E-state index in [1.165, 1.54) is 6.42 Å². The van der Waals surface area contributed by atoms with E-state index in [1.807, 2.05) is 19.1 Å². The standard InChI is InChI=1S/C20H29N3O2S/c1-15-11-18-6-4-7-19(20(18)21-12-15)26(24,25)22-8-5-9-23-13-16(2)10-17(3)14-23/h4,6-7,11-12,16-17,22H,5,8-10,13-14H2,1-3H3/t16-,17+. The minimum atomic E-state index is -3.56. The minimum absolute atomic E-state index is 0.259. The van der Waals surface area contributed by atoms with Crippen LogP contribution in [0.5, 0.6) is 0 Å². The maximum Gasteiger partial charge on any atom is 0.242 e. The summed E-state index contributed by atoms with van der Waals surface area (Å²) in [6.07, 6.45) is 3.81. The first kappa shape index (κ1) is 19.3. The Morgan fingerprint density at radius 2 is 1.96 bits per heavy atom. The van der Waals surface area contributed by atoms with Crippen molar-refractivity contribution in [1.29, 1.82) is 0 Å². The van der Waals surface area contributed by atoms with Crippen LogP contribution in [0.3, 0.4) is 0 Å². The van der Waals surface area contributed by atoms with Crippen molar-refractivity contribution >= 4 is 20.9 Å². The molecule has 0 unspecified atom stereocenters. The normalized spacial score (nSPS) is 22.0. The van der Waals surface area contributed by atoms with Crippen LogP contribution in [-0.4, -0.2) is 44.5 Å². The van der Waals surface area contributed by atoms with Crippen molar-refractivity contribution in [2.75, 3.05) is 26.2 Å². The van der Waals surface area contributed by atoms with E-state index < -0.39 is 10.0 Å². The number of likely N-dealkylation sites (tertiary alicyclic amines) is 1. The molecule has 0 amide bonds. The fourth-order valence-electron chi connectivity index (χ4n) is 4.02. The molecule has 26 heavy (non-hydrogen) atoms. The van der Waals surface area contributed by atoms with E-state index in [0.717, 1.165) is 48.8 Å². The lowest BCUT2D eigenvalue weighted by atomic mass is 9.92. The first-order chi connectivity index (χ1) is 12.3. The van der Waals surface area contributed by atoms with Crippen LogP contribution in [-0.2, 0) is 10.0 Å². The van der Waals surface area contributed by atoms with Gasteiger partial charge in [-0.15, -0.1) is 0 Å². The molecule has 0 saturated carbocycles. The van der Waals surface area contributed by atoms with Gasteiger partial charge in [0.15, 0.2) is 0 Å². The molecule has 2 aromatic rings. The first-order valence-corrected chi connectivity index (χ1v) is 10.9. The molecule has 1 N–H and O–H groups in total. The number of benzene rings is 1. The molecular formula is C20H29N3O2S. The second-order valence-electron chi connectivity index (χ2n) is 7.80. The quantitative estimate of drug-likeness (QED) is 0.788. The fourth-order valence-corrected chi connectivity index (χ4v) is 5.27. The number of aryl methyl sites for hydroxylation is 1. The lowest BCUT2D eigenvalue weighted by Crippen LogP contribution is -2.40. The molecule has 2 atom stereocenters. The second kappa shape index (κ2) is 8.03. The third-order valence-corrected chi connectivity index (χ3v) is 6.48. The molecule has 0 radical (unpaired) electrons. The SMILES string of the molecule is Cc1cnc2c(S(=O)(=O)NCCCN3C[C@H](C)C[C@H](C)C3)cccc2c1. The Balaban J connectivity index is 1.61. The van der Waals surface area contributed by atoms with E-state index in [1.54, 1.807) is 18.3 Å². The van der Waals surface area contributed by atoms with Crippen LogP contribution in [0, 0.1) is 18.8 Å². The molecule has 1 aliphatic heterocycles. The van der Waals surface area contributed by atoms with Crippen LogP contribution < -0.4 is 4.72 Å². The second-order valence-corrected chi connectivity index (χ2v) is 9.53. The van der Waals surface area contributed by atoms with Crippen molar-refractivity contribution < 1.29 is 8.42 Å². The zero-order chi connectivity index (χ0) is 18.7. The summed E-state index contributed by atoms with van der Waals surface area (Å²) in [5.41, 5.74) is 1.55. The highest BCUT2D eigenvalue weighted by molar-refractivity contribution is 7.89. The molecule has 3 rings (SSSR count).